The third-order valence-electron chi connectivity index (χ3n) is 5.15. The fourth-order valence-corrected chi connectivity index (χ4v) is 3.93. The molecule has 0 spiro atoms. The summed E-state index contributed by atoms with van der Waals surface area (Å²) in [5, 5.41) is 17.2. The van der Waals surface area contributed by atoms with Crippen molar-refractivity contribution in [1.82, 2.24) is 5.32 Å². The van der Waals surface area contributed by atoms with Gasteiger partial charge in [0.1, 0.15) is 12.5 Å². The van der Waals surface area contributed by atoms with Gasteiger partial charge < -0.3 is 41.0 Å². The van der Waals surface area contributed by atoms with Crippen molar-refractivity contribution in [2.45, 2.75) is 19.0 Å². The van der Waals surface area contributed by atoms with Crippen LogP contribution in [0.3, 0.4) is 0 Å². The van der Waals surface area contributed by atoms with Crippen LogP contribution in [-0.2, 0) is 39.6 Å². The van der Waals surface area contributed by atoms with Crippen LogP contribution in [0.25, 0.3) is 0 Å². The molecule has 1 aromatic carbocycles. The van der Waals surface area contributed by atoms with Gasteiger partial charge in [0.25, 0.3) is 0 Å². The standard InChI is InChI=1S/C21H22ClF5N2O5.C4H4O4.H2O/c1-3-34-20(31)16-13(9-33-7-6-28)29-12(8-23)15(19(30)32-2)17(16)14-11(24)5-4-10(22)18(14)21(25,26)27;5-3(6)1-2-4(7)8;/h4-5,17,29H,3,6-9,28H2,1-2H3;1-2H,(H,5,6)(H,7,8);1H2. The van der Waals surface area contributed by atoms with Crippen LogP contribution in [0.5, 0.6) is 0 Å². The third kappa shape index (κ3) is 10.6. The molecule has 0 bridgehead atoms. The predicted octanol–water partition coefficient (Wildman–Crippen LogP) is 2.26. The molecule has 0 aliphatic carbocycles. The second-order valence-electron chi connectivity index (χ2n) is 7.85. The fourth-order valence-electron chi connectivity index (χ4n) is 3.66. The summed E-state index contributed by atoms with van der Waals surface area (Å²) in [4.78, 5) is 44.7. The highest BCUT2D eigenvalue weighted by Crippen LogP contribution is 2.48. The summed E-state index contributed by atoms with van der Waals surface area (Å²) in [5.74, 6) is -8.50. The summed E-state index contributed by atoms with van der Waals surface area (Å²) in [6, 6.07) is 1.33. The second kappa shape index (κ2) is 17.8. The summed E-state index contributed by atoms with van der Waals surface area (Å²) in [6.45, 7) is -0.581. The predicted molar refractivity (Wildman–Crippen MR) is 139 cm³/mol. The van der Waals surface area contributed by atoms with Crippen molar-refractivity contribution >= 4 is 35.5 Å². The van der Waals surface area contributed by atoms with Crippen molar-refractivity contribution in [2.24, 2.45) is 5.73 Å². The number of carbonyl (C=O) groups is 4. The van der Waals surface area contributed by atoms with Gasteiger partial charge in [0.2, 0.25) is 0 Å². The number of aliphatic carboxylic acids is 2. The lowest BCUT2D eigenvalue weighted by atomic mass is 9.78. The molecule has 0 saturated heterocycles. The quantitative estimate of drug-likeness (QED) is 0.119. The van der Waals surface area contributed by atoms with Crippen LogP contribution in [-0.4, -0.2) is 79.7 Å². The minimum atomic E-state index is -5.20. The average molecular weight is 647 g/mol. The Morgan fingerprint density at radius 2 is 1.63 bits per heavy atom. The Labute approximate surface area is 245 Å². The minimum Gasteiger partial charge on any atom is -0.478 e. The van der Waals surface area contributed by atoms with Crippen molar-refractivity contribution in [1.29, 1.82) is 0 Å². The van der Waals surface area contributed by atoms with Crippen LogP contribution in [0.2, 0.25) is 5.02 Å². The highest BCUT2D eigenvalue weighted by atomic mass is 35.5. The SMILES string of the molecule is CCOC(=O)C1=C(COCCN)NC(CF)=C(C(=O)OC)C1c1c(F)ccc(Cl)c1C(F)(F)F.O.O=C(O)C=CC(=O)O. The van der Waals surface area contributed by atoms with Gasteiger partial charge in [-0.1, -0.05) is 11.6 Å². The van der Waals surface area contributed by atoms with E-state index >= 15 is 4.39 Å². The van der Waals surface area contributed by atoms with E-state index in [0.29, 0.717) is 24.3 Å². The molecule has 0 aromatic heterocycles. The lowest BCUT2D eigenvalue weighted by Gasteiger charge is -2.33. The van der Waals surface area contributed by atoms with Gasteiger partial charge >= 0.3 is 30.1 Å². The van der Waals surface area contributed by atoms with Crippen LogP contribution in [0.15, 0.2) is 46.8 Å². The molecule has 1 aliphatic heterocycles. The van der Waals surface area contributed by atoms with Gasteiger partial charge in [-0.25, -0.2) is 28.0 Å². The Balaban J connectivity index is 0.00000172. The zero-order chi connectivity index (χ0) is 32.2. The van der Waals surface area contributed by atoms with Gasteiger partial charge in [-0.15, -0.1) is 0 Å². The molecule has 43 heavy (non-hydrogen) atoms. The summed E-state index contributed by atoms with van der Waals surface area (Å²) < 4.78 is 86.0. The molecule has 0 saturated carbocycles. The Bertz CT molecular complexity index is 1270. The number of halogens is 6. The van der Waals surface area contributed by atoms with Crippen LogP contribution in [0.4, 0.5) is 22.0 Å². The largest absolute Gasteiger partial charge is 0.478 e. The highest BCUT2D eigenvalue weighted by molar-refractivity contribution is 6.31. The first kappa shape index (κ1) is 38.9. The Kier molecular flexibility index (Phi) is 16.1. The number of ether oxygens (including phenoxy) is 3. The van der Waals surface area contributed by atoms with E-state index in [1.807, 2.05) is 0 Å². The first-order chi connectivity index (χ1) is 19.7. The molecule has 12 nitrogen and oxygen atoms in total. The average Bonchev–Trinajstić information content (AvgIpc) is 2.91. The molecule has 0 fully saturated rings. The van der Waals surface area contributed by atoms with Crippen molar-refractivity contribution in [2.75, 3.05) is 40.1 Å². The normalized spacial score (nSPS) is 14.8. The lowest BCUT2D eigenvalue weighted by molar-refractivity contribution is -0.141. The van der Waals surface area contributed by atoms with E-state index in [4.69, 9.17) is 37.0 Å². The topological polar surface area (TPSA) is 206 Å². The number of nitrogens with one attached hydrogen (secondary N) is 1. The highest BCUT2D eigenvalue weighted by Gasteiger charge is 2.47. The second-order valence-corrected chi connectivity index (χ2v) is 8.26. The Morgan fingerprint density at radius 3 is 2.07 bits per heavy atom. The zero-order valence-electron chi connectivity index (χ0n) is 22.5. The lowest BCUT2D eigenvalue weighted by Crippen LogP contribution is -2.37. The summed E-state index contributed by atoms with van der Waals surface area (Å²) in [7, 11) is 0.898. The number of carboxylic acid groups (broad SMARTS) is 2. The molecule has 2 rings (SSSR count). The van der Waals surface area contributed by atoms with E-state index in [1.165, 1.54) is 6.92 Å². The number of hydrogen-bond donors (Lipinski definition) is 4. The number of esters is 2. The van der Waals surface area contributed by atoms with Crippen LogP contribution >= 0.6 is 11.6 Å². The van der Waals surface area contributed by atoms with Gasteiger partial charge in [0, 0.05) is 24.3 Å². The van der Waals surface area contributed by atoms with Gasteiger partial charge in [0.05, 0.1) is 66.0 Å². The number of allylic oxidation sites excluding steroid dienone is 1. The van der Waals surface area contributed by atoms with Crippen LogP contribution in [0.1, 0.15) is 24.0 Å². The molecule has 0 amide bonds. The van der Waals surface area contributed by atoms with Crippen molar-refractivity contribution in [3.05, 3.63) is 68.8 Å². The summed E-state index contributed by atoms with van der Waals surface area (Å²) in [6.07, 6.45) is -4.09. The van der Waals surface area contributed by atoms with Gasteiger partial charge in [-0.3, -0.25) is 0 Å². The van der Waals surface area contributed by atoms with E-state index in [2.05, 4.69) is 10.1 Å². The molecular formula is C25H28ClF5N2O10. The Hall–Kier alpha value is -4.06. The molecule has 1 unspecified atom stereocenters. The summed E-state index contributed by atoms with van der Waals surface area (Å²) in [5.41, 5.74) is 0.463. The monoisotopic (exact) mass is 646 g/mol. The van der Waals surface area contributed by atoms with E-state index < -0.39 is 88.1 Å². The molecule has 18 heteroatoms. The smallest absolute Gasteiger partial charge is 0.418 e. The molecule has 1 heterocycles. The molecule has 0 radical (unpaired) electrons. The molecule has 1 aromatic rings. The third-order valence-corrected chi connectivity index (χ3v) is 5.47. The number of carbonyl (C=O) groups excluding carboxylic acids is 2. The van der Waals surface area contributed by atoms with E-state index in [0.717, 1.165) is 7.11 Å². The van der Waals surface area contributed by atoms with E-state index in [1.54, 1.807) is 0 Å². The Morgan fingerprint density at radius 1 is 1.07 bits per heavy atom. The summed E-state index contributed by atoms with van der Waals surface area (Å²) >= 11 is 5.78. The van der Waals surface area contributed by atoms with Gasteiger partial charge in [-0.05, 0) is 19.1 Å². The number of rotatable bonds is 11. The number of dihydropyridines is 1. The van der Waals surface area contributed by atoms with Gasteiger partial charge in [-0.2, -0.15) is 13.2 Å². The molecule has 1 atom stereocenters. The van der Waals surface area contributed by atoms with Crippen molar-refractivity contribution < 1.29 is 71.0 Å². The first-order valence-electron chi connectivity index (χ1n) is 11.7. The van der Waals surface area contributed by atoms with Crippen molar-refractivity contribution in [3.63, 3.8) is 0 Å². The maximum Gasteiger partial charge on any atom is 0.418 e. The number of benzene rings is 1. The number of methoxy groups -OCH3 is 1. The first-order valence-corrected chi connectivity index (χ1v) is 12.0. The molecule has 7 N–H and O–H groups in total. The van der Waals surface area contributed by atoms with Crippen LogP contribution < -0.4 is 11.1 Å². The van der Waals surface area contributed by atoms with E-state index in [9.17, 15) is 36.7 Å². The number of hydrogen-bond acceptors (Lipinski definition) is 9. The maximum absolute atomic E-state index is 15.1. The number of alkyl halides is 4. The van der Waals surface area contributed by atoms with Crippen LogP contribution in [0, 0.1) is 5.82 Å². The molecule has 1 aliphatic rings. The van der Waals surface area contributed by atoms with Crippen molar-refractivity contribution in [3.8, 4) is 0 Å². The number of carboxylic acids is 2. The van der Waals surface area contributed by atoms with E-state index in [-0.39, 0.29) is 30.9 Å². The van der Waals surface area contributed by atoms with Gasteiger partial charge in [0.15, 0.2) is 0 Å². The fraction of sp³-hybridized carbons (Fsp3) is 0.360. The number of nitrogens with two attached hydrogens (primary N) is 1. The maximum atomic E-state index is 15.1. The zero-order valence-corrected chi connectivity index (χ0v) is 23.3. The minimum absolute atomic E-state index is 0. The molecule has 240 valence electrons. The molecular weight excluding hydrogens is 619 g/mol.